The molecule has 0 aliphatic carbocycles. The summed E-state index contributed by atoms with van der Waals surface area (Å²) in [5.41, 5.74) is 0. The highest BCUT2D eigenvalue weighted by Gasteiger charge is 2.26. The summed E-state index contributed by atoms with van der Waals surface area (Å²) in [5.74, 6) is -0.250. The van der Waals surface area contributed by atoms with E-state index >= 15 is 0 Å². The second-order valence-electron chi connectivity index (χ2n) is 4.73. The van der Waals surface area contributed by atoms with E-state index in [1.54, 1.807) is 16.8 Å². The quantitative estimate of drug-likeness (QED) is 0.883. The van der Waals surface area contributed by atoms with E-state index in [-0.39, 0.29) is 18.4 Å². The van der Waals surface area contributed by atoms with Crippen molar-refractivity contribution in [3.05, 3.63) is 5.01 Å². The van der Waals surface area contributed by atoms with Crippen molar-refractivity contribution in [2.24, 2.45) is 0 Å². The second kappa shape index (κ2) is 6.65. The summed E-state index contributed by atoms with van der Waals surface area (Å²) >= 11 is 1.23. The van der Waals surface area contributed by atoms with E-state index in [1.165, 1.54) is 11.3 Å². The predicted molar refractivity (Wildman–Crippen MR) is 76.8 cm³/mol. The van der Waals surface area contributed by atoms with Gasteiger partial charge in [-0.1, -0.05) is 18.3 Å². The van der Waals surface area contributed by atoms with Crippen molar-refractivity contribution in [3.63, 3.8) is 0 Å². The van der Waals surface area contributed by atoms with Crippen molar-refractivity contribution in [1.29, 1.82) is 0 Å². The van der Waals surface area contributed by atoms with Gasteiger partial charge < -0.3 is 15.1 Å². The standard InChI is InChI=1S/C12H19N5O2S/c1-3-5-13-12-15-14-10(20-12)11(19)17-7-4-6-16(2)9(18)8-17/h3-8H2,1-2H3,(H,13,15). The van der Waals surface area contributed by atoms with Crippen molar-refractivity contribution in [3.8, 4) is 0 Å². The Bertz CT molecular complexity index is 490. The number of anilines is 1. The van der Waals surface area contributed by atoms with Gasteiger partial charge in [0.15, 0.2) is 0 Å². The van der Waals surface area contributed by atoms with E-state index in [0.29, 0.717) is 23.2 Å². The first-order chi connectivity index (χ1) is 9.61. The molecule has 2 heterocycles. The lowest BCUT2D eigenvalue weighted by Crippen LogP contribution is -2.38. The van der Waals surface area contributed by atoms with Gasteiger partial charge in [-0.15, -0.1) is 10.2 Å². The van der Waals surface area contributed by atoms with Crippen molar-refractivity contribution in [2.75, 3.05) is 38.5 Å². The molecule has 1 aromatic heterocycles. The minimum atomic E-state index is -0.212. The van der Waals surface area contributed by atoms with E-state index < -0.39 is 0 Å². The molecule has 1 saturated heterocycles. The maximum absolute atomic E-state index is 12.3. The average Bonchev–Trinajstić information content (AvgIpc) is 2.84. The number of amides is 2. The Morgan fingerprint density at radius 2 is 2.20 bits per heavy atom. The Balaban J connectivity index is 2.02. The number of rotatable bonds is 4. The highest BCUT2D eigenvalue weighted by Crippen LogP contribution is 2.17. The Labute approximate surface area is 122 Å². The summed E-state index contributed by atoms with van der Waals surface area (Å²) in [6.07, 6.45) is 1.77. The van der Waals surface area contributed by atoms with E-state index in [2.05, 4.69) is 22.4 Å². The maximum Gasteiger partial charge on any atom is 0.285 e. The van der Waals surface area contributed by atoms with Crippen LogP contribution in [0.3, 0.4) is 0 Å². The molecule has 1 aliphatic rings. The first kappa shape index (κ1) is 14.7. The molecule has 0 unspecified atom stereocenters. The zero-order valence-corrected chi connectivity index (χ0v) is 12.6. The van der Waals surface area contributed by atoms with Gasteiger partial charge in [-0.05, 0) is 12.8 Å². The van der Waals surface area contributed by atoms with Crippen LogP contribution < -0.4 is 5.32 Å². The Morgan fingerprint density at radius 3 is 2.95 bits per heavy atom. The Hall–Kier alpha value is -1.70. The van der Waals surface area contributed by atoms with Crippen molar-refractivity contribution >= 4 is 28.3 Å². The van der Waals surface area contributed by atoms with Gasteiger partial charge in [-0.3, -0.25) is 9.59 Å². The minimum absolute atomic E-state index is 0.0373. The molecule has 1 aliphatic heterocycles. The third-order valence-electron chi connectivity index (χ3n) is 3.09. The van der Waals surface area contributed by atoms with Crippen LogP contribution in [0.15, 0.2) is 0 Å². The summed E-state index contributed by atoms with van der Waals surface area (Å²) in [6.45, 7) is 4.23. The number of carbonyl (C=O) groups is 2. The molecule has 0 aromatic carbocycles. The maximum atomic E-state index is 12.3. The van der Waals surface area contributed by atoms with Gasteiger partial charge in [0.25, 0.3) is 5.91 Å². The zero-order chi connectivity index (χ0) is 14.5. The molecule has 8 heteroatoms. The first-order valence-corrected chi connectivity index (χ1v) is 7.54. The number of aromatic nitrogens is 2. The molecule has 0 bridgehead atoms. The Morgan fingerprint density at radius 1 is 1.40 bits per heavy atom. The number of carbonyl (C=O) groups excluding carboxylic acids is 2. The number of nitrogens with zero attached hydrogens (tertiary/aromatic N) is 4. The molecule has 1 N–H and O–H groups in total. The van der Waals surface area contributed by atoms with Gasteiger partial charge in [-0.25, -0.2) is 0 Å². The lowest BCUT2D eigenvalue weighted by Gasteiger charge is -2.17. The van der Waals surface area contributed by atoms with Crippen LogP contribution in [0, 0.1) is 0 Å². The largest absolute Gasteiger partial charge is 0.360 e. The molecule has 110 valence electrons. The monoisotopic (exact) mass is 297 g/mol. The molecule has 1 fully saturated rings. The fraction of sp³-hybridized carbons (Fsp3) is 0.667. The number of nitrogens with one attached hydrogen (secondary N) is 1. The van der Waals surface area contributed by atoms with Gasteiger partial charge in [0.2, 0.25) is 16.0 Å². The molecule has 20 heavy (non-hydrogen) atoms. The van der Waals surface area contributed by atoms with Gasteiger partial charge in [-0.2, -0.15) is 0 Å². The smallest absolute Gasteiger partial charge is 0.285 e. The zero-order valence-electron chi connectivity index (χ0n) is 11.8. The molecule has 0 saturated carbocycles. The van der Waals surface area contributed by atoms with Crippen LogP contribution in [-0.4, -0.2) is 65.0 Å². The van der Waals surface area contributed by atoms with E-state index in [9.17, 15) is 9.59 Å². The molecule has 0 atom stereocenters. The van der Waals surface area contributed by atoms with E-state index in [4.69, 9.17) is 0 Å². The van der Waals surface area contributed by atoms with Crippen molar-refractivity contribution in [1.82, 2.24) is 20.0 Å². The van der Waals surface area contributed by atoms with Gasteiger partial charge >= 0.3 is 0 Å². The van der Waals surface area contributed by atoms with E-state index in [1.807, 2.05) is 0 Å². The molecular weight excluding hydrogens is 278 g/mol. The normalized spacial score (nSPS) is 16.2. The van der Waals surface area contributed by atoms with Gasteiger partial charge in [0, 0.05) is 26.7 Å². The molecule has 0 spiro atoms. The third-order valence-corrected chi connectivity index (χ3v) is 3.96. The third kappa shape index (κ3) is 3.44. The van der Waals surface area contributed by atoms with Crippen LogP contribution in [0.2, 0.25) is 0 Å². The van der Waals surface area contributed by atoms with Gasteiger partial charge in [0.05, 0.1) is 0 Å². The fourth-order valence-corrected chi connectivity index (χ4v) is 2.65. The topological polar surface area (TPSA) is 78.4 Å². The highest BCUT2D eigenvalue weighted by molar-refractivity contribution is 7.17. The summed E-state index contributed by atoms with van der Waals surface area (Å²) in [5, 5.41) is 11.9. The summed E-state index contributed by atoms with van der Waals surface area (Å²) < 4.78 is 0. The van der Waals surface area contributed by atoms with Crippen LogP contribution in [0.5, 0.6) is 0 Å². The number of hydrogen-bond donors (Lipinski definition) is 1. The first-order valence-electron chi connectivity index (χ1n) is 6.72. The summed E-state index contributed by atoms with van der Waals surface area (Å²) in [4.78, 5) is 27.3. The number of likely N-dealkylation sites (N-methyl/N-ethyl adjacent to an activating group) is 1. The van der Waals surface area contributed by atoms with Crippen LogP contribution in [0.1, 0.15) is 29.6 Å². The van der Waals surface area contributed by atoms with Crippen LogP contribution >= 0.6 is 11.3 Å². The second-order valence-corrected chi connectivity index (χ2v) is 5.71. The average molecular weight is 297 g/mol. The molecule has 2 amide bonds. The molecule has 0 radical (unpaired) electrons. The van der Waals surface area contributed by atoms with Crippen molar-refractivity contribution < 1.29 is 9.59 Å². The summed E-state index contributed by atoms with van der Waals surface area (Å²) in [7, 11) is 1.76. The Kier molecular flexibility index (Phi) is 4.89. The molecule has 7 nitrogen and oxygen atoms in total. The van der Waals surface area contributed by atoms with E-state index in [0.717, 1.165) is 19.4 Å². The highest BCUT2D eigenvalue weighted by atomic mass is 32.1. The predicted octanol–water partition coefficient (Wildman–Crippen LogP) is 0.664. The number of hydrogen-bond acceptors (Lipinski definition) is 6. The van der Waals surface area contributed by atoms with Crippen LogP contribution in [0.4, 0.5) is 5.13 Å². The molecule has 1 aromatic rings. The molecular formula is C12H19N5O2S. The van der Waals surface area contributed by atoms with Crippen LogP contribution in [-0.2, 0) is 4.79 Å². The SMILES string of the molecule is CCCNc1nnc(C(=O)N2CCCN(C)C(=O)C2)s1. The molecule has 2 rings (SSSR count). The summed E-state index contributed by atoms with van der Waals surface area (Å²) in [6, 6.07) is 0. The van der Waals surface area contributed by atoms with Crippen molar-refractivity contribution in [2.45, 2.75) is 19.8 Å². The van der Waals surface area contributed by atoms with Crippen LogP contribution in [0.25, 0.3) is 0 Å². The fourth-order valence-electron chi connectivity index (χ4n) is 1.91. The van der Waals surface area contributed by atoms with Gasteiger partial charge in [0.1, 0.15) is 6.54 Å². The minimum Gasteiger partial charge on any atom is -0.360 e. The lowest BCUT2D eigenvalue weighted by molar-refractivity contribution is -0.129. The lowest BCUT2D eigenvalue weighted by atomic mass is 10.4.